The summed E-state index contributed by atoms with van der Waals surface area (Å²) < 4.78 is 4.57. The van der Waals surface area contributed by atoms with Crippen LogP contribution in [0.4, 0.5) is 5.69 Å². The molecule has 0 aliphatic carbocycles. The third kappa shape index (κ3) is 3.18. The van der Waals surface area contributed by atoms with Gasteiger partial charge in [0.25, 0.3) is 0 Å². The highest BCUT2D eigenvalue weighted by molar-refractivity contribution is 5.94. The molecule has 14 heavy (non-hydrogen) atoms. The maximum Gasteiger partial charge on any atom is 0.241 e. The predicted molar refractivity (Wildman–Crippen MR) is 52.6 cm³/mol. The molecular formula is C9H15N3O2. The Balaban J connectivity index is 2.42. The first-order valence-corrected chi connectivity index (χ1v) is 4.55. The van der Waals surface area contributed by atoms with Crippen molar-refractivity contribution in [3.63, 3.8) is 0 Å². The van der Waals surface area contributed by atoms with Gasteiger partial charge in [-0.1, -0.05) is 19.0 Å². The van der Waals surface area contributed by atoms with E-state index in [0.29, 0.717) is 18.0 Å². The molecule has 0 saturated heterocycles. The normalized spacial score (nSPS) is 12.9. The zero-order valence-electron chi connectivity index (χ0n) is 8.36. The van der Waals surface area contributed by atoms with Gasteiger partial charge in [0.1, 0.15) is 12.0 Å². The van der Waals surface area contributed by atoms with Crippen LogP contribution in [0.5, 0.6) is 0 Å². The molecule has 78 valence electrons. The number of nitrogens with two attached hydrogens (primary N) is 1. The van der Waals surface area contributed by atoms with E-state index in [2.05, 4.69) is 15.0 Å². The van der Waals surface area contributed by atoms with Crippen LogP contribution in [0, 0.1) is 5.92 Å². The van der Waals surface area contributed by atoms with Crippen LogP contribution in [0.2, 0.25) is 0 Å². The van der Waals surface area contributed by atoms with Gasteiger partial charge in [-0.15, -0.1) is 0 Å². The number of hydrogen-bond donors (Lipinski definition) is 2. The van der Waals surface area contributed by atoms with Crippen LogP contribution >= 0.6 is 0 Å². The number of carbonyl (C=O) groups excluding carboxylic acids is 1. The van der Waals surface area contributed by atoms with E-state index in [9.17, 15) is 4.79 Å². The zero-order valence-corrected chi connectivity index (χ0v) is 8.36. The van der Waals surface area contributed by atoms with Gasteiger partial charge in [-0.2, -0.15) is 0 Å². The zero-order chi connectivity index (χ0) is 10.6. The number of hydrogen-bond acceptors (Lipinski definition) is 4. The average Bonchev–Trinajstić information content (AvgIpc) is 2.55. The van der Waals surface area contributed by atoms with E-state index in [0.717, 1.165) is 0 Å². The van der Waals surface area contributed by atoms with Crippen molar-refractivity contribution in [3.05, 3.63) is 12.5 Å². The second-order valence-corrected chi connectivity index (χ2v) is 3.64. The lowest BCUT2D eigenvalue weighted by Crippen LogP contribution is -2.36. The minimum absolute atomic E-state index is 0.207. The van der Waals surface area contributed by atoms with Crippen LogP contribution < -0.4 is 11.1 Å². The Morgan fingerprint density at radius 1 is 1.71 bits per heavy atom. The Morgan fingerprint density at radius 2 is 2.43 bits per heavy atom. The maximum absolute atomic E-state index is 11.4. The molecule has 1 heterocycles. The molecule has 1 atom stereocenters. The summed E-state index contributed by atoms with van der Waals surface area (Å²) in [6, 6.07) is -0.482. The largest absolute Gasteiger partial charge is 0.363 e. The summed E-state index contributed by atoms with van der Waals surface area (Å²) in [7, 11) is 0. The summed E-state index contributed by atoms with van der Waals surface area (Å²) in [5.41, 5.74) is 6.21. The van der Waals surface area contributed by atoms with Crippen molar-refractivity contribution in [2.24, 2.45) is 11.7 Å². The summed E-state index contributed by atoms with van der Waals surface area (Å²) in [6.45, 7) is 4.04. The summed E-state index contributed by atoms with van der Waals surface area (Å²) >= 11 is 0. The summed E-state index contributed by atoms with van der Waals surface area (Å²) in [6.07, 6.45) is 3.46. The highest BCUT2D eigenvalue weighted by Crippen LogP contribution is 2.07. The van der Waals surface area contributed by atoms with Gasteiger partial charge in [-0.05, 0) is 12.3 Å². The Kier molecular flexibility index (Phi) is 3.64. The van der Waals surface area contributed by atoms with E-state index < -0.39 is 6.04 Å². The molecule has 5 nitrogen and oxygen atoms in total. The van der Waals surface area contributed by atoms with Crippen molar-refractivity contribution in [2.45, 2.75) is 26.3 Å². The summed E-state index contributed by atoms with van der Waals surface area (Å²) in [4.78, 5) is 11.4. The lowest BCUT2D eigenvalue weighted by molar-refractivity contribution is -0.117. The number of anilines is 1. The Labute approximate surface area is 82.6 Å². The van der Waals surface area contributed by atoms with E-state index in [1.807, 2.05) is 13.8 Å². The fourth-order valence-electron chi connectivity index (χ4n) is 1.12. The second-order valence-electron chi connectivity index (χ2n) is 3.64. The number of nitrogens with zero attached hydrogens (tertiary/aromatic N) is 1. The van der Waals surface area contributed by atoms with Gasteiger partial charge in [0.15, 0.2) is 0 Å². The number of amides is 1. The van der Waals surface area contributed by atoms with Gasteiger partial charge in [-0.3, -0.25) is 4.79 Å². The van der Waals surface area contributed by atoms with E-state index in [-0.39, 0.29) is 5.91 Å². The van der Waals surface area contributed by atoms with E-state index >= 15 is 0 Å². The number of aromatic nitrogens is 1. The van der Waals surface area contributed by atoms with Gasteiger partial charge in [0.05, 0.1) is 12.2 Å². The van der Waals surface area contributed by atoms with Gasteiger partial charge >= 0.3 is 0 Å². The average molecular weight is 197 g/mol. The lowest BCUT2D eigenvalue weighted by Gasteiger charge is -2.12. The number of nitrogens with one attached hydrogen (secondary N) is 1. The Morgan fingerprint density at radius 3 is 2.93 bits per heavy atom. The van der Waals surface area contributed by atoms with Crippen LogP contribution in [-0.2, 0) is 4.79 Å². The lowest BCUT2D eigenvalue weighted by atomic mass is 10.0. The number of carbonyl (C=O) groups is 1. The Bertz CT molecular complexity index is 282. The predicted octanol–water partition coefficient (Wildman–Crippen LogP) is 0.986. The fraction of sp³-hybridized carbons (Fsp3) is 0.556. The topological polar surface area (TPSA) is 81.2 Å². The Hall–Kier alpha value is -1.36. The molecule has 0 aliphatic rings. The molecule has 0 radical (unpaired) electrons. The molecular weight excluding hydrogens is 182 g/mol. The molecule has 1 rings (SSSR count). The molecule has 0 aliphatic heterocycles. The van der Waals surface area contributed by atoms with E-state index in [1.165, 1.54) is 12.5 Å². The van der Waals surface area contributed by atoms with Gasteiger partial charge in [0.2, 0.25) is 5.91 Å². The first-order chi connectivity index (χ1) is 6.59. The van der Waals surface area contributed by atoms with Gasteiger partial charge < -0.3 is 15.6 Å². The molecule has 1 aromatic rings. The van der Waals surface area contributed by atoms with Crippen LogP contribution in [0.15, 0.2) is 17.0 Å². The SMILES string of the molecule is CC(C)CC(N)C(=O)Nc1cnoc1. The molecule has 0 saturated carbocycles. The van der Waals surface area contributed by atoms with Crippen molar-refractivity contribution in [1.29, 1.82) is 0 Å². The van der Waals surface area contributed by atoms with Crippen LogP contribution in [-0.4, -0.2) is 17.1 Å². The fourth-order valence-corrected chi connectivity index (χ4v) is 1.12. The first kappa shape index (κ1) is 10.7. The smallest absolute Gasteiger partial charge is 0.241 e. The molecule has 0 aromatic carbocycles. The number of rotatable bonds is 4. The third-order valence-corrected chi connectivity index (χ3v) is 1.76. The molecule has 0 fully saturated rings. The van der Waals surface area contributed by atoms with E-state index in [1.54, 1.807) is 0 Å². The van der Waals surface area contributed by atoms with E-state index in [4.69, 9.17) is 5.73 Å². The minimum atomic E-state index is -0.482. The van der Waals surface area contributed by atoms with Crippen LogP contribution in [0.3, 0.4) is 0 Å². The molecule has 3 N–H and O–H groups in total. The molecule has 0 bridgehead atoms. The van der Waals surface area contributed by atoms with Gasteiger partial charge in [0, 0.05) is 0 Å². The molecule has 1 aromatic heterocycles. The van der Waals surface area contributed by atoms with Crippen molar-refractivity contribution in [1.82, 2.24) is 5.16 Å². The van der Waals surface area contributed by atoms with Crippen LogP contribution in [0.1, 0.15) is 20.3 Å². The minimum Gasteiger partial charge on any atom is -0.363 e. The molecule has 1 amide bonds. The maximum atomic E-state index is 11.4. The van der Waals surface area contributed by atoms with Crippen molar-refractivity contribution in [3.8, 4) is 0 Å². The molecule has 1 unspecified atom stereocenters. The first-order valence-electron chi connectivity index (χ1n) is 4.55. The van der Waals surface area contributed by atoms with Crippen molar-refractivity contribution in [2.75, 3.05) is 5.32 Å². The van der Waals surface area contributed by atoms with Crippen LogP contribution in [0.25, 0.3) is 0 Å². The summed E-state index contributed by atoms with van der Waals surface area (Å²) in [5, 5.41) is 6.07. The third-order valence-electron chi connectivity index (χ3n) is 1.76. The van der Waals surface area contributed by atoms with Crippen molar-refractivity contribution >= 4 is 11.6 Å². The highest BCUT2D eigenvalue weighted by Gasteiger charge is 2.15. The summed E-state index contributed by atoms with van der Waals surface area (Å²) in [5.74, 6) is 0.195. The highest BCUT2D eigenvalue weighted by atomic mass is 16.5. The molecule has 5 heteroatoms. The standard InChI is InChI=1S/C9H15N3O2/c1-6(2)3-8(10)9(13)12-7-4-11-14-5-7/h4-6,8H,3,10H2,1-2H3,(H,12,13). The quantitative estimate of drug-likeness (QED) is 0.754. The molecule has 0 spiro atoms. The van der Waals surface area contributed by atoms with Crippen molar-refractivity contribution < 1.29 is 9.32 Å². The van der Waals surface area contributed by atoms with Gasteiger partial charge in [-0.25, -0.2) is 0 Å². The second kappa shape index (κ2) is 4.76. The monoisotopic (exact) mass is 197 g/mol.